The van der Waals surface area contributed by atoms with E-state index in [0.717, 1.165) is 31.6 Å². The summed E-state index contributed by atoms with van der Waals surface area (Å²) in [6.45, 7) is 3.77. The molecule has 0 bridgehead atoms. The topological polar surface area (TPSA) is 21.3 Å². The summed E-state index contributed by atoms with van der Waals surface area (Å²) in [5.74, 6) is 0. The standard InChI is InChI=1S/C14H17Cl2NO/c1-2-17-14(10-4-3-5-18-9-10)11-6-12(15)8-13(16)7-11/h6-9,14,17H,2-5H2,1H3. The summed E-state index contributed by atoms with van der Waals surface area (Å²) in [5, 5.41) is 4.79. The Morgan fingerprint density at radius 1 is 1.28 bits per heavy atom. The van der Waals surface area contributed by atoms with Crippen LogP contribution in [0.25, 0.3) is 0 Å². The van der Waals surface area contributed by atoms with Gasteiger partial charge in [-0.1, -0.05) is 30.1 Å². The molecule has 1 unspecified atom stereocenters. The lowest BCUT2D eigenvalue weighted by Crippen LogP contribution is -2.24. The number of nitrogens with one attached hydrogen (secondary N) is 1. The summed E-state index contributed by atoms with van der Waals surface area (Å²) < 4.78 is 5.42. The molecule has 0 spiro atoms. The lowest BCUT2D eigenvalue weighted by molar-refractivity contribution is 0.219. The van der Waals surface area contributed by atoms with Crippen molar-refractivity contribution < 1.29 is 4.74 Å². The second kappa shape index (κ2) is 6.46. The lowest BCUT2D eigenvalue weighted by Gasteiger charge is -2.24. The van der Waals surface area contributed by atoms with Crippen LogP contribution in [0.4, 0.5) is 0 Å². The number of benzene rings is 1. The van der Waals surface area contributed by atoms with Gasteiger partial charge in [0.05, 0.1) is 18.9 Å². The fraction of sp³-hybridized carbons (Fsp3) is 0.429. The van der Waals surface area contributed by atoms with Crippen LogP contribution in [0.15, 0.2) is 30.0 Å². The Morgan fingerprint density at radius 2 is 2.00 bits per heavy atom. The van der Waals surface area contributed by atoms with Crippen LogP contribution in [0.3, 0.4) is 0 Å². The molecule has 1 atom stereocenters. The smallest absolute Gasteiger partial charge is 0.0876 e. The predicted octanol–water partition coefficient (Wildman–Crippen LogP) is 4.34. The van der Waals surface area contributed by atoms with Crippen molar-refractivity contribution in [2.45, 2.75) is 25.8 Å². The fourth-order valence-corrected chi connectivity index (χ4v) is 2.75. The van der Waals surface area contributed by atoms with Crippen LogP contribution in [0.5, 0.6) is 0 Å². The number of halogens is 2. The largest absolute Gasteiger partial charge is 0.501 e. The average Bonchev–Trinajstić information content (AvgIpc) is 2.36. The van der Waals surface area contributed by atoms with Crippen molar-refractivity contribution >= 4 is 23.2 Å². The second-order valence-electron chi connectivity index (χ2n) is 4.36. The molecular formula is C14H17Cl2NO. The van der Waals surface area contributed by atoms with Crippen molar-refractivity contribution in [3.63, 3.8) is 0 Å². The molecule has 1 heterocycles. The third-order valence-electron chi connectivity index (χ3n) is 2.96. The first-order chi connectivity index (χ1) is 8.70. The van der Waals surface area contributed by atoms with E-state index in [1.807, 2.05) is 18.4 Å². The van der Waals surface area contributed by atoms with E-state index in [2.05, 4.69) is 12.2 Å². The van der Waals surface area contributed by atoms with E-state index in [1.165, 1.54) is 5.57 Å². The molecule has 1 aromatic rings. The summed E-state index contributed by atoms with van der Waals surface area (Å²) in [6.07, 6.45) is 3.97. The van der Waals surface area contributed by atoms with Gasteiger partial charge in [-0.15, -0.1) is 0 Å². The van der Waals surface area contributed by atoms with Gasteiger partial charge in [0.15, 0.2) is 0 Å². The number of ether oxygens (including phenoxy) is 1. The Morgan fingerprint density at radius 3 is 2.56 bits per heavy atom. The molecule has 0 aromatic heterocycles. The minimum absolute atomic E-state index is 0.131. The van der Waals surface area contributed by atoms with E-state index in [0.29, 0.717) is 10.0 Å². The monoisotopic (exact) mass is 285 g/mol. The molecule has 98 valence electrons. The van der Waals surface area contributed by atoms with Gasteiger partial charge < -0.3 is 10.1 Å². The van der Waals surface area contributed by atoms with Gasteiger partial charge in [-0.05, 0) is 48.7 Å². The minimum Gasteiger partial charge on any atom is -0.501 e. The Hall–Kier alpha value is -0.700. The van der Waals surface area contributed by atoms with Crippen molar-refractivity contribution in [2.24, 2.45) is 0 Å². The zero-order valence-corrected chi connectivity index (χ0v) is 11.9. The zero-order valence-electron chi connectivity index (χ0n) is 10.4. The van der Waals surface area contributed by atoms with Crippen molar-refractivity contribution in [2.75, 3.05) is 13.2 Å². The van der Waals surface area contributed by atoms with Crippen molar-refractivity contribution in [1.82, 2.24) is 5.32 Å². The van der Waals surface area contributed by atoms with Crippen LogP contribution >= 0.6 is 23.2 Å². The summed E-state index contributed by atoms with van der Waals surface area (Å²) in [7, 11) is 0. The summed E-state index contributed by atoms with van der Waals surface area (Å²) in [4.78, 5) is 0. The molecule has 0 radical (unpaired) electrons. The highest BCUT2D eigenvalue weighted by molar-refractivity contribution is 6.34. The van der Waals surface area contributed by atoms with E-state index < -0.39 is 0 Å². The lowest BCUT2D eigenvalue weighted by atomic mass is 9.95. The van der Waals surface area contributed by atoms with E-state index in [4.69, 9.17) is 27.9 Å². The van der Waals surface area contributed by atoms with Gasteiger partial charge in [-0.2, -0.15) is 0 Å². The summed E-state index contributed by atoms with van der Waals surface area (Å²) >= 11 is 12.1. The average molecular weight is 286 g/mol. The molecule has 4 heteroatoms. The first-order valence-electron chi connectivity index (χ1n) is 6.20. The first kappa shape index (κ1) is 13.7. The van der Waals surface area contributed by atoms with Crippen LogP contribution in [-0.4, -0.2) is 13.2 Å². The van der Waals surface area contributed by atoms with Crippen LogP contribution in [-0.2, 0) is 4.74 Å². The molecule has 0 amide bonds. The van der Waals surface area contributed by atoms with Crippen LogP contribution < -0.4 is 5.32 Å². The molecule has 0 saturated heterocycles. The van der Waals surface area contributed by atoms with Gasteiger partial charge in [-0.25, -0.2) is 0 Å². The molecule has 0 saturated carbocycles. The van der Waals surface area contributed by atoms with Gasteiger partial charge in [0, 0.05) is 10.0 Å². The molecule has 1 aliphatic rings. The second-order valence-corrected chi connectivity index (χ2v) is 5.23. The zero-order chi connectivity index (χ0) is 13.0. The molecule has 18 heavy (non-hydrogen) atoms. The maximum atomic E-state index is 6.07. The number of hydrogen-bond acceptors (Lipinski definition) is 2. The predicted molar refractivity (Wildman–Crippen MR) is 76.1 cm³/mol. The van der Waals surface area contributed by atoms with E-state index in [9.17, 15) is 0 Å². The molecule has 1 aliphatic heterocycles. The molecule has 1 aromatic carbocycles. The van der Waals surface area contributed by atoms with Crippen molar-refractivity contribution in [1.29, 1.82) is 0 Å². The molecule has 0 aliphatic carbocycles. The summed E-state index contributed by atoms with van der Waals surface area (Å²) in [5.41, 5.74) is 2.34. The number of likely N-dealkylation sites (N-methyl/N-ethyl adjacent to an activating group) is 1. The van der Waals surface area contributed by atoms with Gasteiger partial charge in [0.25, 0.3) is 0 Å². The molecular weight excluding hydrogens is 269 g/mol. The molecule has 1 N–H and O–H groups in total. The van der Waals surface area contributed by atoms with Gasteiger partial charge in [-0.3, -0.25) is 0 Å². The molecule has 2 rings (SSSR count). The maximum absolute atomic E-state index is 6.07. The Kier molecular flexibility index (Phi) is 4.93. The maximum Gasteiger partial charge on any atom is 0.0876 e. The van der Waals surface area contributed by atoms with Crippen LogP contribution in [0, 0.1) is 0 Å². The van der Waals surface area contributed by atoms with Gasteiger partial charge in [0.2, 0.25) is 0 Å². The summed E-state index contributed by atoms with van der Waals surface area (Å²) in [6, 6.07) is 5.79. The van der Waals surface area contributed by atoms with Crippen LogP contribution in [0.1, 0.15) is 31.4 Å². The first-order valence-corrected chi connectivity index (χ1v) is 6.96. The highest BCUT2D eigenvalue weighted by Crippen LogP contribution is 2.31. The Balaban J connectivity index is 2.31. The third-order valence-corrected chi connectivity index (χ3v) is 3.40. The van der Waals surface area contributed by atoms with Gasteiger partial charge >= 0.3 is 0 Å². The highest BCUT2D eigenvalue weighted by atomic mass is 35.5. The molecule has 2 nitrogen and oxygen atoms in total. The van der Waals surface area contributed by atoms with E-state index in [1.54, 1.807) is 6.07 Å². The van der Waals surface area contributed by atoms with Crippen molar-refractivity contribution in [3.8, 4) is 0 Å². The van der Waals surface area contributed by atoms with Crippen molar-refractivity contribution in [3.05, 3.63) is 45.6 Å². The van der Waals surface area contributed by atoms with Gasteiger partial charge in [0.1, 0.15) is 0 Å². The SMILES string of the molecule is CCNC(C1=COCCC1)c1cc(Cl)cc(Cl)c1. The van der Waals surface area contributed by atoms with E-state index in [-0.39, 0.29) is 6.04 Å². The quantitative estimate of drug-likeness (QED) is 0.889. The number of hydrogen-bond donors (Lipinski definition) is 1. The molecule has 0 fully saturated rings. The van der Waals surface area contributed by atoms with Crippen LogP contribution in [0.2, 0.25) is 10.0 Å². The minimum atomic E-state index is 0.131. The fourth-order valence-electron chi connectivity index (χ4n) is 2.21. The number of rotatable bonds is 4. The highest BCUT2D eigenvalue weighted by Gasteiger charge is 2.19. The normalized spacial score (nSPS) is 16.9. The Labute approximate surface area is 118 Å². The Bertz CT molecular complexity index is 425. The van der Waals surface area contributed by atoms with E-state index >= 15 is 0 Å². The third kappa shape index (κ3) is 3.41.